The second-order valence-electron chi connectivity index (χ2n) is 5.04. The van der Waals surface area contributed by atoms with Crippen molar-refractivity contribution in [3.05, 3.63) is 70.5 Å². The monoisotopic (exact) mass is 327 g/mol. The molecule has 1 heterocycles. The Morgan fingerprint density at radius 1 is 1.22 bits per heavy atom. The van der Waals surface area contributed by atoms with Gasteiger partial charge in [-0.25, -0.2) is 0 Å². The van der Waals surface area contributed by atoms with Gasteiger partial charge in [-0.05, 0) is 47.7 Å². The van der Waals surface area contributed by atoms with E-state index in [4.69, 9.17) is 11.6 Å². The molecule has 0 bridgehead atoms. The van der Waals surface area contributed by atoms with E-state index in [0.717, 1.165) is 11.3 Å². The lowest BCUT2D eigenvalue weighted by Crippen LogP contribution is -2.24. The largest absolute Gasteiger partial charge is 0.345 e. The van der Waals surface area contributed by atoms with Crippen LogP contribution in [0.3, 0.4) is 0 Å². The second kappa shape index (κ2) is 6.58. The van der Waals surface area contributed by atoms with Gasteiger partial charge >= 0.3 is 0 Å². The predicted molar refractivity (Wildman–Crippen MR) is 86.5 cm³/mol. The highest BCUT2D eigenvalue weighted by Crippen LogP contribution is 2.11. The first-order chi connectivity index (χ1) is 11.1. The summed E-state index contributed by atoms with van der Waals surface area (Å²) in [6.45, 7) is 2.22. The molecule has 0 saturated carbocycles. The number of nitrogens with one attached hydrogen (secondary N) is 1. The Kier molecular flexibility index (Phi) is 4.34. The number of halogens is 1. The van der Waals surface area contributed by atoms with E-state index in [0.29, 0.717) is 16.4 Å². The topological polar surface area (TPSA) is 72.7 Å². The lowest BCUT2D eigenvalue weighted by molar-refractivity contribution is 0.0949. The Balaban J connectivity index is 1.73. The van der Waals surface area contributed by atoms with Crippen LogP contribution >= 0.6 is 11.6 Å². The molecule has 0 fully saturated rings. The standard InChI is InChI=1S/C16H14ClN5O/c1-11-5-7-14(8-6-11)22-15(19-20-21-22)10-18-16(23)12-3-2-4-13(17)9-12/h2-9H,10H2,1H3,(H,18,23). The van der Waals surface area contributed by atoms with Crippen LogP contribution in [0.1, 0.15) is 21.7 Å². The summed E-state index contributed by atoms with van der Waals surface area (Å²) >= 11 is 5.89. The molecule has 0 unspecified atom stereocenters. The van der Waals surface area contributed by atoms with Crippen molar-refractivity contribution in [1.29, 1.82) is 0 Å². The summed E-state index contributed by atoms with van der Waals surface area (Å²) in [4.78, 5) is 12.1. The average molecular weight is 328 g/mol. The minimum absolute atomic E-state index is 0.215. The van der Waals surface area contributed by atoms with Crippen molar-refractivity contribution in [3.8, 4) is 5.69 Å². The number of aromatic nitrogens is 4. The lowest BCUT2D eigenvalue weighted by Gasteiger charge is -2.07. The molecule has 0 aliphatic heterocycles. The zero-order valence-electron chi connectivity index (χ0n) is 12.4. The summed E-state index contributed by atoms with van der Waals surface area (Å²) in [7, 11) is 0. The number of aryl methyl sites for hydroxylation is 1. The fourth-order valence-corrected chi connectivity index (χ4v) is 2.28. The molecule has 0 spiro atoms. The summed E-state index contributed by atoms with van der Waals surface area (Å²) in [5.41, 5.74) is 2.48. The van der Waals surface area contributed by atoms with Crippen molar-refractivity contribution in [2.24, 2.45) is 0 Å². The first-order valence-electron chi connectivity index (χ1n) is 7.01. The number of amides is 1. The molecule has 2 aromatic carbocycles. The quantitative estimate of drug-likeness (QED) is 0.799. The van der Waals surface area contributed by atoms with Gasteiger partial charge in [0.25, 0.3) is 5.91 Å². The van der Waals surface area contributed by atoms with Crippen LogP contribution in [-0.4, -0.2) is 26.1 Å². The minimum atomic E-state index is -0.231. The second-order valence-corrected chi connectivity index (χ2v) is 5.47. The van der Waals surface area contributed by atoms with E-state index in [2.05, 4.69) is 20.8 Å². The van der Waals surface area contributed by atoms with E-state index in [-0.39, 0.29) is 12.5 Å². The molecule has 7 heteroatoms. The molecular weight excluding hydrogens is 314 g/mol. The maximum Gasteiger partial charge on any atom is 0.251 e. The number of nitrogens with zero attached hydrogens (tertiary/aromatic N) is 4. The summed E-state index contributed by atoms with van der Waals surface area (Å²) in [5, 5.41) is 14.9. The number of rotatable bonds is 4. The third-order valence-electron chi connectivity index (χ3n) is 3.31. The lowest BCUT2D eigenvalue weighted by atomic mass is 10.2. The number of tetrazole rings is 1. The molecule has 1 amide bonds. The van der Waals surface area contributed by atoms with Gasteiger partial charge in [0.2, 0.25) is 0 Å². The summed E-state index contributed by atoms with van der Waals surface area (Å²) in [6, 6.07) is 14.6. The third-order valence-corrected chi connectivity index (χ3v) is 3.54. The average Bonchev–Trinajstić information content (AvgIpc) is 3.02. The van der Waals surface area contributed by atoms with Crippen molar-refractivity contribution >= 4 is 17.5 Å². The number of hydrogen-bond donors (Lipinski definition) is 1. The zero-order chi connectivity index (χ0) is 16.2. The zero-order valence-corrected chi connectivity index (χ0v) is 13.2. The van der Waals surface area contributed by atoms with E-state index in [9.17, 15) is 4.79 Å². The number of benzene rings is 2. The Bertz CT molecular complexity index is 828. The van der Waals surface area contributed by atoms with Crippen molar-refractivity contribution in [2.45, 2.75) is 13.5 Å². The molecule has 0 aliphatic carbocycles. The highest BCUT2D eigenvalue weighted by molar-refractivity contribution is 6.30. The number of carbonyl (C=O) groups is 1. The van der Waals surface area contributed by atoms with Crippen molar-refractivity contribution in [2.75, 3.05) is 0 Å². The maximum atomic E-state index is 12.1. The molecule has 3 aromatic rings. The molecule has 1 N–H and O–H groups in total. The maximum absolute atomic E-state index is 12.1. The highest BCUT2D eigenvalue weighted by Gasteiger charge is 2.11. The van der Waals surface area contributed by atoms with Gasteiger partial charge in [-0.3, -0.25) is 4.79 Å². The van der Waals surface area contributed by atoms with Gasteiger partial charge in [0.15, 0.2) is 5.82 Å². The summed E-state index contributed by atoms with van der Waals surface area (Å²) < 4.78 is 1.59. The van der Waals surface area contributed by atoms with Gasteiger partial charge in [-0.15, -0.1) is 5.10 Å². The van der Waals surface area contributed by atoms with Gasteiger partial charge in [-0.2, -0.15) is 4.68 Å². The molecule has 0 radical (unpaired) electrons. The van der Waals surface area contributed by atoms with Crippen LogP contribution in [0.15, 0.2) is 48.5 Å². The van der Waals surface area contributed by atoms with Crippen molar-refractivity contribution in [3.63, 3.8) is 0 Å². The van der Waals surface area contributed by atoms with Gasteiger partial charge in [0.05, 0.1) is 12.2 Å². The molecule has 1 aromatic heterocycles. The van der Waals surface area contributed by atoms with Crippen LogP contribution in [0.2, 0.25) is 5.02 Å². The van der Waals surface area contributed by atoms with Crippen LogP contribution in [0.5, 0.6) is 0 Å². The SMILES string of the molecule is Cc1ccc(-n2nnnc2CNC(=O)c2cccc(Cl)c2)cc1. The predicted octanol–water partition coefficient (Wildman–Crippen LogP) is 2.55. The molecule has 0 aliphatic rings. The van der Waals surface area contributed by atoms with Crippen LogP contribution in [0.25, 0.3) is 5.69 Å². The van der Waals surface area contributed by atoms with E-state index < -0.39 is 0 Å². The molecular formula is C16H14ClN5O. The van der Waals surface area contributed by atoms with Gasteiger partial charge < -0.3 is 5.32 Å². The normalized spacial score (nSPS) is 10.5. The Labute approximate surface area is 138 Å². The van der Waals surface area contributed by atoms with Crippen LogP contribution in [0.4, 0.5) is 0 Å². The van der Waals surface area contributed by atoms with Crippen LogP contribution in [0, 0.1) is 6.92 Å². The fraction of sp³-hybridized carbons (Fsp3) is 0.125. The Morgan fingerprint density at radius 3 is 2.74 bits per heavy atom. The first kappa shape index (κ1) is 15.2. The van der Waals surface area contributed by atoms with Crippen LogP contribution < -0.4 is 5.32 Å². The molecule has 0 atom stereocenters. The van der Waals surface area contributed by atoms with Gasteiger partial charge in [0.1, 0.15) is 0 Å². The third kappa shape index (κ3) is 3.54. The van der Waals surface area contributed by atoms with E-state index in [1.807, 2.05) is 31.2 Å². The fourth-order valence-electron chi connectivity index (χ4n) is 2.09. The smallest absolute Gasteiger partial charge is 0.251 e. The van der Waals surface area contributed by atoms with Gasteiger partial charge in [0, 0.05) is 10.6 Å². The molecule has 23 heavy (non-hydrogen) atoms. The molecule has 6 nitrogen and oxygen atoms in total. The summed E-state index contributed by atoms with van der Waals surface area (Å²) in [5.74, 6) is 0.315. The highest BCUT2D eigenvalue weighted by atomic mass is 35.5. The van der Waals surface area contributed by atoms with Crippen LogP contribution in [-0.2, 0) is 6.54 Å². The van der Waals surface area contributed by atoms with E-state index in [1.165, 1.54) is 0 Å². The Morgan fingerprint density at radius 2 is 2.00 bits per heavy atom. The van der Waals surface area contributed by atoms with E-state index >= 15 is 0 Å². The summed E-state index contributed by atoms with van der Waals surface area (Å²) in [6.07, 6.45) is 0. The van der Waals surface area contributed by atoms with E-state index in [1.54, 1.807) is 28.9 Å². The molecule has 0 saturated heterocycles. The molecule has 3 rings (SSSR count). The number of carbonyl (C=O) groups excluding carboxylic acids is 1. The first-order valence-corrected chi connectivity index (χ1v) is 7.39. The minimum Gasteiger partial charge on any atom is -0.345 e. The van der Waals surface area contributed by atoms with Crippen molar-refractivity contribution in [1.82, 2.24) is 25.5 Å². The Hall–Kier alpha value is -2.73. The van der Waals surface area contributed by atoms with Gasteiger partial charge in [-0.1, -0.05) is 35.4 Å². The number of hydrogen-bond acceptors (Lipinski definition) is 4. The molecule has 116 valence electrons. The van der Waals surface area contributed by atoms with Crippen molar-refractivity contribution < 1.29 is 4.79 Å².